The van der Waals surface area contributed by atoms with Gasteiger partial charge < -0.3 is 21.1 Å². The molecular formula is C7H13NO6. The molecule has 0 spiro atoms. The van der Waals surface area contributed by atoms with Crippen molar-refractivity contribution >= 4 is 17.9 Å². The smallest absolute Gasteiger partial charge is 0.304 e. The Morgan fingerprint density at radius 3 is 1.14 bits per heavy atom. The molecule has 0 saturated heterocycles. The zero-order valence-electron chi connectivity index (χ0n) is 7.47. The molecule has 0 aliphatic carbocycles. The molecule has 7 heteroatoms. The van der Waals surface area contributed by atoms with Crippen molar-refractivity contribution in [3.05, 3.63) is 0 Å². The molecular weight excluding hydrogens is 194 g/mol. The van der Waals surface area contributed by atoms with E-state index in [1.54, 1.807) is 0 Å². The van der Waals surface area contributed by atoms with E-state index in [9.17, 15) is 14.4 Å². The third-order valence-corrected chi connectivity index (χ3v) is 0.911. The lowest BCUT2D eigenvalue weighted by atomic mass is 10.3. The summed E-state index contributed by atoms with van der Waals surface area (Å²) in [6.45, 7) is 0.231. The van der Waals surface area contributed by atoms with Crippen LogP contribution in [-0.4, -0.2) is 39.8 Å². The molecule has 0 rings (SSSR count). The van der Waals surface area contributed by atoms with E-state index in [-0.39, 0.29) is 25.8 Å². The molecule has 0 aromatic carbocycles. The van der Waals surface area contributed by atoms with Crippen LogP contribution in [0.15, 0.2) is 0 Å². The van der Waals surface area contributed by atoms with Gasteiger partial charge in [-0.25, -0.2) is 0 Å². The van der Waals surface area contributed by atoms with E-state index in [1.807, 2.05) is 0 Å². The molecule has 5 N–H and O–H groups in total. The van der Waals surface area contributed by atoms with Gasteiger partial charge in [-0.2, -0.15) is 0 Å². The van der Waals surface area contributed by atoms with Crippen molar-refractivity contribution in [3.8, 4) is 0 Å². The van der Waals surface area contributed by atoms with E-state index in [4.69, 9.17) is 21.1 Å². The maximum atomic E-state index is 9.64. The maximum Gasteiger partial charge on any atom is 0.304 e. The van der Waals surface area contributed by atoms with Gasteiger partial charge in [0.1, 0.15) is 0 Å². The fraction of sp³-hybridized carbons (Fsp3) is 0.571. The van der Waals surface area contributed by atoms with Crippen molar-refractivity contribution in [1.29, 1.82) is 0 Å². The number of hydrogen-bond donors (Lipinski definition) is 4. The van der Waals surface area contributed by atoms with Gasteiger partial charge in [-0.05, 0) is 0 Å². The predicted molar refractivity (Wildman–Crippen MR) is 45.8 cm³/mol. The maximum absolute atomic E-state index is 9.64. The van der Waals surface area contributed by atoms with Gasteiger partial charge in [-0.15, -0.1) is 0 Å². The summed E-state index contributed by atoms with van der Waals surface area (Å²) in [5, 5.41) is 23.6. The van der Waals surface area contributed by atoms with E-state index in [2.05, 4.69) is 0 Å². The zero-order valence-corrected chi connectivity index (χ0v) is 7.47. The molecule has 0 aliphatic heterocycles. The Balaban J connectivity index is 0. The number of nitrogens with two attached hydrogens (primary N) is 1. The van der Waals surface area contributed by atoms with Crippen LogP contribution in [0.25, 0.3) is 0 Å². The van der Waals surface area contributed by atoms with Crippen LogP contribution in [-0.2, 0) is 14.4 Å². The number of rotatable bonds is 5. The second kappa shape index (κ2) is 9.46. The van der Waals surface area contributed by atoms with Crippen LogP contribution >= 0.6 is 0 Å². The molecule has 82 valence electrons. The Labute approximate surface area is 80.1 Å². The first-order valence-corrected chi connectivity index (χ1v) is 3.75. The highest BCUT2D eigenvalue weighted by Crippen LogP contribution is 1.86. The van der Waals surface area contributed by atoms with E-state index >= 15 is 0 Å². The van der Waals surface area contributed by atoms with Crippen molar-refractivity contribution < 1.29 is 29.7 Å². The standard InChI is InChI=1S/C4H6O4.C3H7NO2/c5-3(6)1-2-4(7)8;4-2-1-3(5)6/h1-2H2,(H,5,6)(H,7,8);1-2,4H2,(H,5,6). The minimum Gasteiger partial charge on any atom is -0.481 e. The van der Waals surface area contributed by atoms with E-state index < -0.39 is 17.9 Å². The monoisotopic (exact) mass is 207 g/mol. The highest BCUT2D eigenvalue weighted by Gasteiger charge is 2.00. The van der Waals surface area contributed by atoms with Crippen LogP contribution in [0.2, 0.25) is 0 Å². The minimum absolute atomic E-state index is 0.0694. The highest BCUT2D eigenvalue weighted by atomic mass is 16.4. The van der Waals surface area contributed by atoms with Gasteiger partial charge in [0.2, 0.25) is 0 Å². The largest absolute Gasteiger partial charge is 0.481 e. The summed E-state index contributed by atoms with van der Waals surface area (Å²) in [5.41, 5.74) is 4.85. The third kappa shape index (κ3) is 22.4. The summed E-state index contributed by atoms with van der Waals surface area (Å²) in [6, 6.07) is 0. The van der Waals surface area contributed by atoms with Crippen LogP contribution in [0.4, 0.5) is 0 Å². The van der Waals surface area contributed by atoms with Gasteiger partial charge in [-0.1, -0.05) is 0 Å². The topological polar surface area (TPSA) is 138 Å². The fourth-order valence-corrected chi connectivity index (χ4v) is 0.337. The average Bonchev–Trinajstić information content (AvgIpc) is 2.01. The minimum atomic E-state index is -1.08. The number of hydrogen-bond acceptors (Lipinski definition) is 4. The van der Waals surface area contributed by atoms with Crippen LogP contribution in [0.5, 0.6) is 0 Å². The van der Waals surface area contributed by atoms with Crippen molar-refractivity contribution in [3.63, 3.8) is 0 Å². The Hall–Kier alpha value is -1.63. The lowest BCUT2D eigenvalue weighted by molar-refractivity contribution is -0.143. The summed E-state index contributed by atoms with van der Waals surface area (Å²) < 4.78 is 0. The Morgan fingerprint density at radius 2 is 1.07 bits per heavy atom. The van der Waals surface area contributed by atoms with Gasteiger partial charge >= 0.3 is 17.9 Å². The molecule has 0 aliphatic rings. The molecule has 0 saturated carbocycles. The van der Waals surface area contributed by atoms with Crippen LogP contribution in [0.1, 0.15) is 19.3 Å². The molecule has 0 amide bonds. The first-order valence-electron chi connectivity index (χ1n) is 3.75. The van der Waals surface area contributed by atoms with Gasteiger partial charge in [0.25, 0.3) is 0 Å². The molecule has 0 unspecified atom stereocenters. The van der Waals surface area contributed by atoms with E-state index in [0.29, 0.717) is 0 Å². The number of carboxylic acids is 3. The van der Waals surface area contributed by atoms with Crippen LogP contribution < -0.4 is 5.73 Å². The van der Waals surface area contributed by atoms with Crippen LogP contribution in [0.3, 0.4) is 0 Å². The summed E-state index contributed by atoms with van der Waals surface area (Å²) in [6.07, 6.45) is -0.523. The van der Waals surface area contributed by atoms with Crippen molar-refractivity contribution in [2.24, 2.45) is 5.73 Å². The third-order valence-electron chi connectivity index (χ3n) is 0.911. The molecule has 14 heavy (non-hydrogen) atoms. The summed E-state index contributed by atoms with van der Waals surface area (Å²) >= 11 is 0. The Kier molecular flexibility index (Phi) is 10.0. The molecule has 0 radical (unpaired) electrons. The average molecular weight is 207 g/mol. The Bertz CT molecular complexity index is 188. The van der Waals surface area contributed by atoms with Crippen molar-refractivity contribution in [1.82, 2.24) is 0 Å². The lowest BCUT2D eigenvalue weighted by Crippen LogP contribution is -2.05. The van der Waals surface area contributed by atoms with Crippen LogP contribution in [0, 0.1) is 0 Å². The molecule has 0 heterocycles. The summed E-state index contributed by atoms with van der Waals surface area (Å²) in [7, 11) is 0. The Morgan fingerprint density at radius 1 is 0.786 bits per heavy atom. The van der Waals surface area contributed by atoms with Gasteiger partial charge in [-0.3, -0.25) is 14.4 Å². The number of carbonyl (C=O) groups is 3. The summed E-state index contributed by atoms with van der Waals surface area (Å²) in [4.78, 5) is 28.8. The molecule has 7 nitrogen and oxygen atoms in total. The van der Waals surface area contributed by atoms with E-state index in [1.165, 1.54) is 0 Å². The fourth-order valence-electron chi connectivity index (χ4n) is 0.337. The first kappa shape index (κ1) is 14.9. The number of carboxylic acid groups (broad SMARTS) is 3. The van der Waals surface area contributed by atoms with Gasteiger partial charge in [0.15, 0.2) is 0 Å². The predicted octanol–water partition coefficient (Wildman–Crippen LogP) is -0.644. The van der Waals surface area contributed by atoms with Crippen molar-refractivity contribution in [2.45, 2.75) is 19.3 Å². The van der Waals surface area contributed by atoms with E-state index in [0.717, 1.165) is 0 Å². The number of aliphatic carboxylic acids is 3. The normalized spacial score (nSPS) is 8.36. The van der Waals surface area contributed by atoms with Gasteiger partial charge in [0.05, 0.1) is 19.3 Å². The molecule has 0 bridgehead atoms. The molecule has 0 atom stereocenters. The van der Waals surface area contributed by atoms with Crippen molar-refractivity contribution in [2.75, 3.05) is 6.54 Å². The molecule has 0 fully saturated rings. The molecule has 0 aromatic rings. The lowest BCUT2D eigenvalue weighted by Gasteiger charge is -1.85. The zero-order chi connectivity index (χ0) is 11.6. The second-order valence-electron chi connectivity index (χ2n) is 2.22. The second-order valence-corrected chi connectivity index (χ2v) is 2.22. The summed E-state index contributed by atoms with van der Waals surface area (Å²) in [5.74, 6) is -2.99. The van der Waals surface area contributed by atoms with Gasteiger partial charge in [0, 0.05) is 6.54 Å². The SMILES string of the molecule is NCCC(=O)O.O=C(O)CCC(=O)O. The first-order chi connectivity index (χ1) is 6.40. The quantitative estimate of drug-likeness (QED) is 0.470. The molecule has 0 aromatic heterocycles. The highest BCUT2D eigenvalue weighted by molar-refractivity contribution is 5.75.